The summed E-state index contributed by atoms with van der Waals surface area (Å²) < 4.78 is 14.7. The van der Waals surface area contributed by atoms with Gasteiger partial charge in [-0.05, 0) is 32.0 Å². The van der Waals surface area contributed by atoms with E-state index in [4.69, 9.17) is 5.84 Å². The fraction of sp³-hybridized carbons (Fsp3) is 0.250. The average Bonchev–Trinajstić information content (AvgIpc) is 2.64. The number of thiazole rings is 1. The van der Waals surface area contributed by atoms with Crippen LogP contribution >= 0.6 is 27.3 Å². The van der Waals surface area contributed by atoms with Crippen LogP contribution < -0.4 is 11.3 Å². The van der Waals surface area contributed by atoms with Crippen molar-refractivity contribution in [1.29, 1.82) is 0 Å². The van der Waals surface area contributed by atoms with Crippen LogP contribution in [0.4, 0.5) is 4.39 Å². The van der Waals surface area contributed by atoms with E-state index in [1.807, 2.05) is 13.8 Å². The van der Waals surface area contributed by atoms with Gasteiger partial charge in [0.05, 0.1) is 21.6 Å². The molecule has 1 atom stereocenters. The Morgan fingerprint density at radius 1 is 1.44 bits per heavy atom. The number of aromatic nitrogens is 1. The molecule has 18 heavy (non-hydrogen) atoms. The van der Waals surface area contributed by atoms with Gasteiger partial charge in [0.2, 0.25) is 0 Å². The van der Waals surface area contributed by atoms with E-state index in [-0.39, 0.29) is 11.9 Å². The molecule has 0 aliphatic carbocycles. The van der Waals surface area contributed by atoms with Crippen molar-refractivity contribution < 1.29 is 4.39 Å². The zero-order valence-corrected chi connectivity index (χ0v) is 12.4. The molecule has 2 rings (SSSR count). The lowest BCUT2D eigenvalue weighted by Crippen LogP contribution is -2.29. The van der Waals surface area contributed by atoms with Crippen molar-refractivity contribution in [3.8, 4) is 0 Å². The third-order valence-corrected chi connectivity index (χ3v) is 4.27. The van der Waals surface area contributed by atoms with Crippen LogP contribution in [-0.2, 0) is 0 Å². The van der Waals surface area contributed by atoms with Crippen LogP contribution in [0.1, 0.15) is 27.2 Å². The number of benzene rings is 1. The molecule has 96 valence electrons. The van der Waals surface area contributed by atoms with Gasteiger partial charge >= 0.3 is 0 Å². The van der Waals surface area contributed by atoms with Gasteiger partial charge < -0.3 is 0 Å². The van der Waals surface area contributed by atoms with E-state index >= 15 is 0 Å². The lowest BCUT2D eigenvalue weighted by Gasteiger charge is -2.16. The zero-order valence-electron chi connectivity index (χ0n) is 10.00. The minimum Gasteiger partial charge on any atom is -0.271 e. The minimum absolute atomic E-state index is 0.286. The number of hydrogen-bond acceptors (Lipinski definition) is 4. The predicted molar refractivity (Wildman–Crippen MR) is 74.9 cm³/mol. The van der Waals surface area contributed by atoms with E-state index in [1.165, 1.54) is 17.4 Å². The van der Waals surface area contributed by atoms with Crippen LogP contribution in [0.5, 0.6) is 0 Å². The molecule has 3 nitrogen and oxygen atoms in total. The molecule has 6 heteroatoms. The minimum atomic E-state index is -0.381. The number of aryl methyl sites for hydroxylation is 2. The number of halogens is 2. The van der Waals surface area contributed by atoms with Crippen LogP contribution in [0.3, 0.4) is 0 Å². The molecular weight excluding hydrogens is 317 g/mol. The molecule has 1 aromatic carbocycles. The summed E-state index contributed by atoms with van der Waals surface area (Å²) >= 11 is 4.86. The number of nitrogens with one attached hydrogen (secondary N) is 1. The van der Waals surface area contributed by atoms with E-state index in [2.05, 4.69) is 26.3 Å². The second kappa shape index (κ2) is 5.44. The van der Waals surface area contributed by atoms with Gasteiger partial charge in [-0.15, -0.1) is 11.3 Å². The molecule has 2 aromatic rings. The average molecular weight is 330 g/mol. The SMILES string of the molecule is Cc1nc(C)c(C(NN)c2cc(Br)ccc2F)s1. The summed E-state index contributed by atoms with van der Waals surface area (Å²) in [4.78, 5) is 5.28. The van der Waals surface area contributed by atoms with Gasteiger partial charge in [-0.25, -0.2) is 14.8 Å². The van der Waals surface area contributed by atoms with E-state index in [9.17, 15) is 4.39 Å². The van der Waals surface area contributed by atoms with E-state index in [0.29, 0.717) is 5.56 Å². The summed E-state index contributed by atoms with van der Waals surface area (Å²) in [7, 11) is 0. The largest absolute Gasteiger partial charge is 0.271 e. The number of hydrazine groups is 1. The Bertz CT molecular complexity index is 570. The first-order valence-corrected chi connectivity index (χ1v) is 6.99. The van der Waals surface area contributed by atoms with Crippen LogP contribution in [0.2, 0.25) is 0 Å². The fourth-order valence-electron chi connectivity index (χ4n) is 1.86. The Kier molecular flexibility index (Phi) is 4.11. The normalized spacial score (nSPS) is 12.7. The first-order chi connectivity index (χ1) is 8.52. The lowest BCUT2D eigenvalue weighted by molar-refractivity contribution is 0.562. The maximum absolute atomic E-state index is 13.9. The third kappa shape index (κ3) is 2.61. The number of rotatable bonds is 3. The Hall–Kier alpha value is -0.820. The van der Waals surface area contributed by atoms with Gasteiger partial charge in [0, 0.05) is 10.0 Å². The molecule has 0 radical (unpaired) electrons. The highest BCUT2D eigenvalue weighted by Crippen LogP contribution is 2.32. The summed E-state index contributed by atoms with van der Waals surface area (Å²) in [5, 5.41) is 0.943. The summed E-state index contributed by atoms with van der Waals surface area (Å²) in [6.45, 7) is 3.82. The van der Waals surface area contributed by atoms with E-state index in [1.54, 1.807) is 12.1 Å². The molecule has 0 fully saturated rings. The molecule has 0 saturated carbocycles. The Balaban J connectivity index is 2.51. The molecule has 1 heterocycles. The summed E-state index contributed by atoms with van der Waals surface area (Å²) in [6.07, 6.45) is 0. The third-order valence-electron chi connectivity index (χ3n) is 2.64. The second-order valence-corrected chi connectivity index (χ2v) is 6.10. The van der Waals surface area contributed by atoms with Crippen LogP contribution in [0.15, 0.2) is 22.7 Å². The van der Waals surface area contributed by atoms with Crippen LogP contribution in [0, 0.1) is 19.7 Å². The number of nitrogens with two attached hydrogens (primary N) is 1. The quantitative estimate of drug-likeness (QED) is 0.671. The zero-order chi connectivity index (χ0) is 13.3. The number of hydrogen-bond donors (Lipinski definition) is 2. The highest BCUT2D eigenvalue weighted by Gasteiger charge is 2.21. The molecule has 0 aliphatic rings. The molecule has 1 unspecified atom stereocenters. The molecule has 0 aliphatic heterocycles. The first kappa shape index (κ1) is 13.6. The van der Waals surface area contributed by atoms with E-state index < -0.39 is 0 Å². The standard InChI is InChI=1S/C12H13BrFN3S/c1-6-12(18-7(2)16-6)11(17-15)9-5-8(13)3-4-10(9)14/h3-5,11,17H,15H2,1-2H3. The smallest absolute Gasteiger partial charge is 0.128 e. The van der Waals surface area contributed by atoms with Gasteiger partial charge in [-0.3, -0.25) is 5.84 Å². The van der Waals surface area contributed by atoms with Crippen molar-refractivity contribution >= 4 is 27.3 Å². The van der Waals surface area contributed by atoms with E-state index in [0.717, 1.165) is 20.1 Å². The van der Waals surface area contributed by atoms with Crippen molar-refractivity contribution in [3.05, 3.63) is 49.6 Å². The van der Waals surface area contributed by atoms with Crippen molar-refractivity contribution in [2.45, 2.75) is 19.9 Å². The fourth-order valence-corrected chi connectivity index (χ4v) is 3.24. The molecule has 0 saturated heterocycles. The Labute approximate surface area is 117 Å². The van der Waals surface area contributed by atoms with Crippen molar-refractivity contribution in [1.82, 2.24) is 10.4 Å². The highest BCUT2D eigenvalue weighted by molar-refractivity contribution is 9.10. The maximum atomic E-state index is 13.9. The van der Waals surface area contributed by atoms with Gasteiger partial charge in [-0.1, -0.05) is 15.9 Å². The van der Waals surface area contributed by atoms with Crippen molar-refractivity contribution in [3.63, 3.8) is 0 Å². The monoisotopic (exact) mass is 329 g/mol. The summed E-state index contributed by atoms with van der Waals surface area (Å²) in [6, 6.07) is 4.44. The van der Waals surface area contributed by atoms with Crippen LogP contribution in [-0.4, -0.2) is 4.98 Å². The van der Waals surface area contributed by atoms with Crippen molar-refractivity contribution in [2.24, 2.45) is 5.84 Å². The van der Waals surface area contributed by atoms with Crippen molar-refractivity contribution in [2.75, 3.05) is 0 Å². The van der Waals surface area contributed by atoms with Gasteiger partial charge in [0.1, 0.15) is 5.82 Å². The maximum Gasteiger partial charge on any atom is 0.128 e. The molecule has 0 spiro atoms. The summed E-state index contributed by atoms with van der Waals surface area (Å²) in [5.74, 6) is 5.30. The molecule has 1 aromatic heterocycles. The number of nitrogens with zero attached hydrogens (tertiary/aromatic N) is 1. The van der Waals surface area contributed by atoms with Gasteiger partial charge in [0.15, 0.2) is 0 Å². The van der Waals surface area contributed by atoms with Gasteiger partial charge in [-0.2, -0.15) is 0 Å². The molecular formula is C12H13BrFN3S. The lowest BCUT2D eigenvalue weighted by atomic mass is 10.0. The molecule has 0 bridgehead atoms. The Morgan fingerprint density at radius 3 is 2.72 bits per heavy atom. The van der Waals surface area contributed by atoms with Gasteiger partial charge in [0.25, 0.3) is 0 Å². The summed E-state index contributed by atoms with van der Waals surface area (Å²) in [5.41, 5.74) is 4.05. The highest BCUT2D eigenvalue weighted by atomic mass is 79.9. The van der Waals surface area contributed by atoms with Crippen LogP contribution in [0.25, 0.3) is 0 Å². The predicted octanol–water partition coefficient (Wildman–Crippen LogP) is 3.21. The second-order valence-electron chi connectivity index (χ2n) is 3.95. The molecule has 3 N–H and O–H groups in total. The topological polar surface area (TPSA) is 50.9 Å². The Morgan fingerprint density at radius 2 is 2.17 bits per heavy atom. The molecule has 0 amide bonds. The first-order valence-electron chi connectivity index (χ1n) is 5.38.